The molecule has 1 heterocycles. The van der Waals surface area contributed by atoms with E-state index in [0.717, 1.165) is 35.5 Å². The maximum atomic E-state index is 11.3. The van der Waals surface area contributed by atoms with Gasteiger partial charge in [0.2, 0.25) is 10.0 Å². The van der Waals surface area contributed by atoms with Crippen LogP contribution in [0.3, 0.4) is 0 Å². The molecule has 0 aliphatic heterocycles. The molecule has 0 radical (unpaired) electrons. The highest BCUT2D eigenvalue weighted by atomic mass is 32.2. The van der Waals surface area contributed by atoms with Gasteiger partial charge in [-0.05, 0) is 30.7 Å². The monoisotopic (exact) mass is 371 g/mol. The Balaban J connectivity index is 1.58. The third-order valence-corrected chi connectivity index (χ3v) is 4.89. The van der Waals surface area contributed by atoms with Crippen molar-refractivity contribution in [2.45, 2.75) is 17.9 Å². The predicted octanol–water partition coefficient (Wildman–Crippen LogP) is 1.46. The molecule has 3 aromatic rings. The molecule has 0 saturated heterocycles. The summed E-state index contributed by atoms with van der Waals surface area (Å²) in [6, 6.07) is 16.6. The molecule has 0 atom stereocenters. The first-order valence-electron chi connectivity index (χ1n) is 8.21. The Morgan fingerprint density at radius 2 is 1.73 bits per heavy atom. The Morgan fingerprint density at radius 1 is 1.04 bits per heavy atom. The largest absolute Gasteiger partial charge is 0.311 e. The van der Waals surface area contributed by atoms with E-state index >= 15 is 0 Å². The summed E-state index contributed by atoms with van der Waals surface area (Å²) in [7, 11) is -1.83. The number of nitrogens with one attached hydrogen (secondary N) is 1. The van der Waals surface area contributed by atoms with Crippen LogP contribution in [0.2, 0.25) is 0 Å². The fraction of sp³-hybridized carbons (Fsp3) is 0.222. The summed E-state index contributed by atoms with van der Waals surface area (Å²) in [5, 5.41) is 17.3. The van der Waals surface area contributed by atoms with Crippen LogP contribution in [0.1, 0.15) is 11.3 Å². The number of aryl methyl sites for hydroxylation is 1. The molecule has 0 saturated carbocycles. The molecule has 26 heavy (non-hydrogen) atoms. The Morgan fingerprint density at radius 3 is 2.38 bits per heavy atom. The van der Waals surface area contributed by atoms with Crippen molar-refractivity contribution in [3.05, 3.63) is 65.9 Å². The normalized spacial score (nSPS) is 11.6. The fourth-order valence-corrected chi connectivity index (χ4v) is 3.19. The number of nitrogens with zero attached hydrogens (tertiary/aromatic N) is 3. The lowest BCUT2D eigenvalue weighted by molar-refractivity contribution is 0.597. The minimum absolute atomic E-state index is 0.126. The minimum atomic E-state index is -3.64. The molecule has 136 valence electrons. The molecule has 0 bridgehead atoms. The maximum Gasteiger partial charge on any atom is 0.238 e. The van der Waals surface area contributed by atoms with Crippen LogP contribution in [0.5, 0.6) is 0 Å². The number of sulfonamides is 1. The van der Waals surface area contributed by atoms with E-state index in [9.17, 15) is 8.42 Å². The average molecular weight is 371 g/mol. The van der Waals surface area contributed by atoms with E-state index in [1.54, 1.807) is 16.9 Å². The van der Waals surface area contributed by atoms with E-state index in [2.05, 4.69) is 15.5 Å². The highest BCUT2D eigenvalue weighted by Gasteiger charge is 2.11. The topological polar surface area (TPSA) is 103 Å². The second kappa shape index (κ2) is 7.77. The van der Waals surface area contributed by atoms with Crippen LogP contribution in [0.4, 0.5) is 0 Å². The van der Waals surface area contributed by atoms with Gasteiger partial charge < -0.3 is 5.32 Å². The Labute approximate surface area is 152 Å². The molecule has 3 rings (SSSR count). The van der Waals surface area contributed by atoms with Gasteiger partial charge in [0.05, 0.1) is 4.90 Å². The molecule has 0 unspecified atom stereocenters. The average Bonchev–Trinajstić information content (AvgIpc) is 3.00. The van der Waals surface area contributed by atoms with Gasteiger partial charge in [-0.1, -0.05) is 42.5 Å². The van der Waals surface area contributed by atoms with E-state index in [0.29, 0.717) is 6.54 Å². The van der Waals surface area contributed by atoms with Crippen molar-refractivity contribution in [3.63, 3.8) is 0 Å². The zero-order chi connectivity index (χ0) is 18.6. The van der Waals surface area contributed by atoms with Crippen molar-refractivity contribution >= 4 is 10.0 Å². The SMILES string of the molecule is Cn1nc(CNCCc2ccc(S(N)(=O)=O)cc2)c(-c2ccccc2)n1. The Bertz CT molecular complexity index is 967. The van der Waals surface area contributed by atoms with E-state index < -0.39 is 10.0 Å². The summed E-state index contributed by atoms with van der Waals surface area (Å²) in [5.74, 6) is 0. The van der Waals surface area contributed by atoms with Gasteiger partial charge in [-0.25, -0.2) is 13.6 Å². The lowest BCUT2D eigenvalue weighted by Crippen LogP contribution is -2.18. The smallest absolute Gasteiger partial charge is 0.238 e. The predicted molar refractivity (Wildman–Crippen MR) is 99.7 cm³/mol. The van der Waals surface area contributed by atoms with Crippen LogP contribution in [-0.2, 0) is 30.0 Å². The van der Waals surface area contributed by atoms with Crippen LogP contribution < -0.4 is 10.5 Å². The zero-order valence-electron chi connectivity index (χ0n) is 14.5. The molecular weight excluding hydrogens is 350 g/mol. The number of rotatable bonds is 7. The molecule has 0 amide bonds. The lowest BCUT2D eigenvalue weighted by atomic mass is 10.1. The summed E-state index contributed by atoms with van der Waals surface area (Å²) in [6.45, 7) is 1.34. The first-order valence-corrected chi connectivity index (χ1v) is 9.76. The van der Waals surface area contributed by atoms with Gasteiger partial charge in [0.25, 0.3) is 0 Å². The lowest BCUT2D eigenvalue weighted by Gasteiger charge is -2.05. The summed E-state index contributed by atoms with van der Waals surface area (Å²) >= 11 is 0. The van der Waals surface area contributed by atoms with E-state index in [-0.39, 0.29) is 4.90 Å². The molecule has 7 nitrogen and oxygen atoms in total. The number of benzene rings is 2. The van der Waals surface area contributed by atoms with Crippen molar-refractivity contribution in [3.8, 4) is 11.3 Å². The van der Waals surface area contributed by atoms with Gasteiger partial charge in [0, 0.05) is 19.2 Å². The summed E-state index contributed by atoms with van der Waals surface area (Å²) in [4.78, 5) is 1.70. The van der Waals surface area contributed by atoms with Crippen molar-refractivity contribution in [1.29, 1.82) is 0 Å². The van der Waals surface area contributed by atoms with E-state index in [1.165, 1.54) is 12.1 Å². The van der Waals surface area contributed by atoms with Crippen molar-refractivity contribution in [2.24, 2.45) is 12.2 Å². The number of hydrogen-bond donors (Lipinski definition) is 2. The first kappa shape index (κ1) is 18.2. The van der Waals surface area contributed by atoms with Crippen LogP contribution in [0, 0.1) is 0 Å². The standard InChI is InChI=1S/C18H21N5O2S/c1-23-21-17(18(22-23)15-5-3-2-4-6-15)13-20-12-11-14-7-9-16(10-8-14)26(19,24)25/h2-10,20H,11-13H2,1H3,(H2,19,24,25). The molecule has 1 aromatic heterocycles. The maximum absolute atomic E-state index is 11.3. The summed E-state index contributed by atoms with van der Waals surface area (Å²) < 4.78 is 22.5. The van der Waals surface area contributed by atoms with Gasteiger partial charge in [-0.2, -0.15) is 15.0 Å². The molecular formula is C18H21N5O2S. The Hall–Kier alpha value is -2.55. The summed E-state index contributed by atoms with van der Waals surface area (Å²) in [6.07, 6.45) is 0.770. The summed E-state index contributed by atoms with van der Waals surface area (Å²) in [5.41, 5.74) is 3.84. The first-order chi connectivity index (χ1) is 12.4. The molecule has 3 N–H and O–H groups in total. The zero-order valence-corrected chi connectivity index (χ0v) is 15.3. The van der Waals surface area contributed by atoms with Crippen LogP contribution >= 0.6 is 0 Å². The fourth-order valence-electron chi connectivity index (χ4n) is 2.67. The second-order valence-corrected chi connectivity index (χ2v) is 7.53. The van der Waals surface area contributed by atoms with Crippen LogP contribution in [-0.4, -0.2) is 30.0 Å². The van der Waals surface area contributed by atoms with Gasteiger partial charge in [0.15, 0.2) is 0 Å². The number of hydrogen-bond acceptors (Lipinski definition) is 5. The third kappa shape index (κ3) is 4.54. The molecule has 0 aliphatic carbocycles. The van der Waals surface area contributed by atoms with E-state index in [1.807, 2.05) is 37.4 Å². The quantitative estimate of drug-likeness (QED) is 0.612. The molecule has 0 aliphatic rings. The molecule has 0 fully saturated rings. The van der Waals surface area contributed by atoms with Crippen molar-refractivity contribution in [1.82, 2.24) is 20.3 Å². The molecule has 2 aromatic carbocycles. The van der Waals surface area contributed by atoms with Crippen LogP contribution in [0.15, 0.2) is 59.5 Å². The third-order valence-electron chi connectivity index (χ3n) is 3.97. The van der Waals surface area contributed by atoms with Crippen LogP contribution in [0.25, 0.3) is 11.3 Å². The van der Waals surface area contributed by atoms with Gasteiger partial charge in [-0.15, -0.1) is 0 Å². The highest BCUT2D eigenvalue weighted by Crippen LogP contribution is 2.19. The van der Waals surface area contributed by atoms with Crippen molar-refractivity contribution < 1.29 is 8.42 Å². The van der Waals surface area contributed by atoms with Gasteiger partial charge in [0.1, 0.15) is 11.4 Å². The number of nitrogens with two attached hydrogens (primary N) is 1. The number of primary sulfonamides is 1. The number of aromatic nitrogens is 3. The van der Waals surface area contributed by atoms with E-state index in [4.69, 9.17) is 5.14 Å². The van der Waals surface area contributed by atoms with Gasteiger partial charge >= 0.3 is 0 Å². The molecule has 8 heteroatoms. The highest BCUT2D eigenvalue weighted by molar-refractivity contribution is 7.89. The Kier molecular flexibility index (Phi) is 5.46. The van der Waals surface area contributed by atoms with Crippen molar-refractivity contribution in [2.75, 3.05) is 6.54 Å². The minimum Gasteiger partial charge on any atom is -0.311 e. The second-order valence-electron chi connectivity index (χ2n) is 5.97. The van der Waals surface area contributed by atoms with Gasteiger partial charge in [-0.3, -0.25) is 0 Å². The molecule has 0 spiro atoms.